The van der Waals surface area contributed by atoms with E-state index in [-0.39, 0.29) is 6.04 Å². The zero-order valence-corrected chi connectivity index (χ0v) is 9.16. The van der Waals surface area contributed by atoms with Gasteiger partial charge in [-0.15, -0.1) is 5.10 Å². The molecule has 1 atom stereocenters. The Hall–Kier alpha value is -1.10. The molecule has 1 rings (SSSR count). The van der Waals surface area contributed by atoms with Gasteiger partial charge in [0.1, 0.15) is 0 Å². The van der Waals surface area contributed by atoms with Crippen molar-refractivity contribution in [3.8, 4) is 0 Å². The molecule has 5 heteroatoms. The fraction of sp³-hybridized carbons (Fsp3) is 0.778. The fourth-order valence-electron chi connectivity index (χ4n) is 0.896. The number of hydrogen-bond donors (Lipinski definition) is 2. The summed E-state index contributed by atoms with van der Waals surface area (Å²) in [6.45, 7) is 7.07. The zero-order valence-electron chi connectivity index (χ0n) is 9.16. The molecular weight excluding hydrogens is 180 g/mol. The molecule has 1 heterocycles. The Balaban J connectivity index is 2.50. The highest BCUT2D eigenvalue weighted by Gasteiger charge is 2.11. The second kappa shape index (κ2) is 4.95. The third kappa shape index (κ3) is 2.99. The molecule has 0 fully saturated rings. The van der Waals surface area contributed by atoms with Crippen LogP contribution in [0.2, 0.25) is 0 Å². The van der Waals surface area contributed by atoms with Gasteiger partial charge in [0.25, 0.3) is 0 Å². The molecule has 14 heavy (non-hydrogen) atoms. The number of nitrogens with zero attached hydrogens (tertiary/aromatic N) is 2. The van der Waals surface area contributed by atoms with Crippen LogP contribution in [0.3, 0.4) is 0 Å². The van der Waals surface area contributed by atoms with Gasteiger partial charge in [0.2, 0.25) is 5.89 Å². The number of anilines is 1. The van der Waals surface area contributed by atoms with Crippen LogP contribution >= 0.6 is 0 Å². The van der Waals surface area contributed by atoms with E-state index in [1.54, 1.807) is 0 Å². The van der Waals surface area contributed by atoms with E-state index in [0.29, 0.717) is 17.8 Å². The molecule has 0 aromatic carbocycles. The van der Waals surface area contributed by atoms with Gasteiger partial charge in [-0.1, -0.05) is 18.9 Å². The summed E-state index contributed by atoms with van der Waals surface area (Å²) < 4.78 is 5.39. The maximum absolute atomic E-state index is 5.39. The van der Waals surface area contributed by atoms with Crippen molar-refractivity contribution < 1.29 is 4.42 Å². The lowest BCUT2D eigenvalue weighted by molar-refractivity contribution is 0.439. The smallest absolute Gasteiger partial charge is 0.315 e. The third-order valence-electron chi connectivity index (χ3n) is 1.91. The van der Waals surface area contributed by atoms with Crippen LogP contribution in [-0.2, 0) is 0 Å². The molecule has 0 aliphatic rings. The van der Waals surface area contributed by atoms with Gasteiger partial charge in [0.15, 0.2) is 0 Å². The summed E-state index contributed by atoms with van der Waals surface area (Å²) >= 11 is 0. The monoisotopic (exact) mass is 198 g/mol. The van der Waals surface area contributed by atoms with Crippen molar-refractivity contribution >= 4 is 6.01 Å². The quantitative estimate of drug-likeness (QED) is 0.749. The number of hydrogen-bond acceptors (Lipinski definition) is 5. The van der Waals surface area contributed by atoms with Gasteiger partial charge in [-0.3, -0.25) is 0 Å². The number of nitrogens with one attached hydrogen (secondary N) is 2. The van der Waals surface area contributed by atoms with Crippen LogP contribution in [0.5, 0.6) is 0 Å². The van der Waals surface area contributed by atoms with Crippen molar-refractivity contribution in [2.24, 2.45) is 5.92 Å². The Kier molecular flexibility index (Phi) is 3.88. The number of rotatable bonds is 5. The molecular formula is C9H18N4O. The minimum atomic E-state index is 0.0945. The topological polar surface area (TPSA) is 63.0 Å². The summed E-state index contributed by atoms with van der Waals surface area (Å²) in [6, 6.07) is 0.591. The van der Waals surface area contributed by atoms with Crippen LogP contribution in [0.15, 0.2) is 4.42 Å². The van der Waals surface area contributed by atoms with Gasteiger partial charge in [-0.05, 0) is 19.9 Å². The minimum Gasteiger partial charge on any atom is -0.406 e. The summed E-state index contributed by atoms with van der Waals surface area (Å²) in [5.74, 6) is 1.17. The maximum Gasteiger partial charge on any atom is 0.315 e. The van der Waals surface area contributed by atoms with Gasteiger partial charge < -0.3 is 15.1 Å². The SMILES string of the molecule is CNC(C)c1nnc(NCC(C)C)o1. The molecule has 0 saturated heterocycles. The first kappa shape index (κ1) is 11.0. The number of aromatic nitrogens is 2. The molecule has 2 N–H and O–H groups in total. The molecule has 0 saturated carbocycles. The average Bonchev–Trinajstić information content (AvgIpc) is 2.62. The van der Waals surface area contributed by atoms with Crippen molar-refractivity contribution in [1.29, 1.82) is 0 Å². The summed E-state index contributed by atoms with van der Waals surface area (Å²) in [4.78, 5) is 0. The highest BCUT2D eigenvalue weighted by atomic mass is 16.4. The molecule has 80 valence electrons. The van der Waals surface area contributed by atoms with Crippen LogP contribution < -0.4 is 10.6 Å². The molecule has 1 aromatic heterocycles. The first-order valence-corrected chi connectivity index (χ1v) is 4.88. The van der Waals surface area contributed by atoms with E-state index in [1.165, 1.54) is 0 Å². The molecule has 1 unspecified atom stereocenters. The van der Waals surface area contributed by atoms with Crippen LogP contribution in [0.1, 0.15) is 32.7 Å². The van der Waals surface area contributed by atoms with E-state index in [1.807, 2.05) is 14.0 Å². The standard InChI is InChI=1S/C9H18N4O/c1-6(2)5-11-9-13-12-8(14-9)7(3)10-4/h6-7,10H,5H2,1-4H3,(H,11,13). The lowest BCUT2D eigenvalue weighted by Gasteiger charge is -2.04. The Morgan fingerprint density at radius 1 is 1.29 bits per heavy atom. The molecule has 0 spiro atoms. The van der Waals surface area contributed by atoms with Gasteiger partial charge in [-0.2, -0.15) is 0 Å². The first-order chi connectivity index (χ1) is 6.63. The second-order valence-electron chi connectivity index (χ2n) is 3.73. The Morgan fingerprint density at radius 3 is 2.57 bits per heavy atom. The van der Waals surface area contributed by atoms with Gasteiger partial charge in [0, 0.05) is 6.54 Å². The Bertz CT molecular complexity index is 272. The first-order valence-electron chi connectivity index (χ1n) is 4.88. The van der Waals surface area contributed by atoms with E-state index in [9.17, 15) is 0 Å². The van der Waals surface area contributed by atoms with Crippen molar-refractivity contribution in [3.05, 3.63) is 5.89 Å². The second-order valence-corrected chi connectivity index (χ2v) is 3.73. The van der Waals surface area contributed by atoms with Gasteiger partial charge in [0.05, 0.1) is 6.04 Å². The molecule has 0 aliphatic carbocycles. The van der Waals surface area contributed by atoms with Gasteiger partial charge in [-0.25, -0.2) is 0 Å². The van der Waals surface area contributed by atoms with Crippen LogP contribution in [0, 0.1) is 5.92 Å². The van der Waals surface area contributed by atoms with E-state index < -0.39 is 0 Å². The van der Waals surface area contributed by atoms with Crippen LogP contribution in [0.25, 0.3) is 0 Å². The summed E-state index contributed by atoms with van der Waals surface area (Å²) in [6.07, 6.45) is 0. The van der Waals surface area contributed by atoms with Crippen LogP contribution in [-0.4, -0.2) is 23.8 Å². The summed E-state index contributed by atoms with van der Waals surface area (Å²) in [7, 11) is 1.86. The predicted octanol–water partition coefficient (Wildman–Crippen LogP) is 1.42. The van der Waals surface area contributed by atoms with E-state index in [0.717, 1.165) is 6.54 Å². The highest BCUT2D eigenvalue weighted by molar-refractivity contribution is 5.17. The molecule has 5 nitrogen and oxygen atoms in total. The maximum atomic E-state index is 5.39. The third-order valence-corrected chi connectivity index (χ3v) is 1.91. The normalized spacial score (nSPS) is 13.2. The zero-order chi connectivity index (χ0) is 10.6. The lowest BCUT2D eigenvalue weighted by atomic mass is 10.2. The van der Waals surface area contributed by atoms with Crippen molar-refractivity contribution in [1.82, 2.24) is 15.5 Å². The highest BCUT2D eigenvalue weighted by Crippen LogP contribution is 2.12. The minimum absolute atomic E-state index is 0.0945. The summed E-state index contributed by atoms with van der Waals surface area (Å²) in [5, 5.41) is 13.9. The Labute approximate surface area is 84.3 Å². The van der Waals surface area contributed by atoms with Crippen molar-refractivity contribution in [3.63, 3.8) is 0 Å². The molecule has 1 aromatic rings. The largest absolute Gasteiger partial charge is 0.406 e. The molecule has 0 aliphatic heterocycles. The predicted molar refractivity (Wildman–Crippen MR) is 55.1 cm³/mol. The molecule has 0 bridgehead atoms. The van der Waals surface area contributed by atoms with Crippen molar-refractivity contribution in [2.75, 3.05) is 18.9 Å². The Morgan fingerprint density at radius 2 is 2.00 bits per heavy atom. The van der Waals surface area contributed by atoms with E-state index in [4.69, 9.17) is 4.42 Å². The molecule has 0 radical (unpaired) electrons. The van der Waals surface area contributed by atoms with Gasteiger partial charge >= 0.3 is 6.01 Å². The molecule has 0 amide bonds. The van der Waals surface area contributed by atoms with E-state index in [2.05, 4.69) is 34.7 Å². The lowest BCUT2D eigenvalue weighted by Crippen LogP contribution is -2.12. The van der Waals surface area contributed by atoms with Crippen molar-refractivity contribution in [2.45, 2.75) is 26.8 Å². The van der Waals surface area contributed by atoms with E-state index >= 15 is 0 Å². The summed E-state index contributed by atoms with van der Waals surface area (Å²) in [5.41, 5.74) is 0. The average molecular weight is 198 g/mol. The van der Waals surface area contributed by atoms with Crippen LogP contribution in [0.4, 0.5) is 6.01 Å². The fourth-order valence-corrected chi connectivity index (χ4v) is 0.896.